The minimum atomic E-state index is 0. The molecular formula is C4H7NOY-2. The Morgan fingerprint density at radius 3 is 2.00 bits per heavy atom. The molecule has 1 amide bonds. The van der Waals surface area contributed by atoms with Gasteiger partial charge < -0.3 is 17.5 Å². The zero-order chi connectivity index (χ0) is 4.12. The van der Waals surface area contributed by atoms with Crippen molar-refractivity contribution in [3.63, 3.8) is 0 Å². The number of hydrogen-bond donors (Lipinski definition) is 0. The van der Waals surface area contributed by atoms with Crippen molar-refractivity contribution in [3.05, 3.63) is 25.5 Å². The largest absolute Gasteiger partial charge is 0.637 e. The van der Waals surface area contributed by atoms with E-state index in [-0.39, 0.29) is 40.1 Å². The van der Waals surface area contributed by atoms with Gasteiger partial charge >= 0.3 is 0 Å². The summed E-state index contributed by atoms with van der Waals surface area (Å²) < 4.78 is 0. The van der Waals surface area contributed by atoms with E-state index < -0.39 is 0 Å². The van der Waals surface area contributed by atoms with Gasteiger partial charge in [-0.3, -0.25) is 0 Å². The second kappa shape index (κ2) is 16.2. The van der Waals surface area contributed by atoms with Gasteiger partial charge in [0, 0.05) is 39.1 Å². The van der Waals surface area contributed by atoms with Gasteiger partial charge in [0.05, 0.1) is 0 Å². The number of nitrogens with zero attached hydrogens (tertiary/aromatic N) is 1. The minimum absolute atomic E-state index is 0. The van der Waals surface area contributed by atoms with Gasteiger partial charge in [0.1, 0.15) is 0 Å². The van der Waals surface area contributed by atoms with Gasteiger partial charge in [0.25, 0.3) is 0 Å². The maximum Gasteiger partial charge on any atom is 0.0397 e. The van der Waals surface area contributed by atoms with Crippen molar-refractivity contribution >= 4 is 6.41 Å². The molecule has 0 fully saturated rings. The van der Waals surface area contributed by atoms with E-state index in [4.69, 9.17) is 4.79 Å². The molecule has 0 saturated heterocycles. The molecule has 0 saturated carbocycles. The normalized spacial score (nSPS) is 4.00. The van der Waals surface area contributed by atoms with Crippen LogP contribution in [-0.4, -0.2) is 6.41 Å². The first-order valence-corrected chi connectivity index (χ1v) is 1.16. The Hall–Kier alpha value is 0.314. The van der Waals surface area contributed by atoms with Gasteiger partial charge in [-0.15, -0.1) is 6.58 Å². The fraction of sp³-hybridized carbons (Fsp3) is 0. The summed E-state index contributed by atoms with van der Waals surface area (Å²) in [4.78, 5) is 9.17. The maximum atomic E-state index is 9.17. The summed E-state index contributed by atoms with van der Waals surface area (Å²) >= 11 is 0. The summed E-state index contributed by atoms with van der Waals surface area (Å²) in [5.74, 6) is 0. The van der Waals surface area contributed by atoms with Crippen LogP contribution in [-0.2, 0) is 37.5 Å². The first-order chi connectivity index (χ1) is 2.41. The van der Waals surface area contributed by atoms with Gasteiger partial charge in [-0.25, -0.2) is 0 Å². The zero-order valence-corrected chi connectivity index (χ0v) is 7.13. The van der Waals surface area contributed by atoms with E-state index in [1.807, 2.05) is 0 Å². The van der Waals surface area contributed by atoms with Crippen LogP contribution in [0.25, 0.3) is 5.32 Å². The monoisotopic (exact) mass is 174 g/mol. The molecule has 0 spiro atoms. The molecule has 1 radical (unpaired) electrons. The number of carbonyl (C=O) groups excluding carboxylic acids is 1. The van der Waals surface area contributed by atoms with Crippen LogP contribution in [0.3, 0.4) is 0 Å². The molecule has 0 rings (SSSR count). The molecule has 0 aliphatic heterocycles. The topological polar surface area (TPSA) is 31.2 Å². The van der Waals surface area contributed by atoms with Crippen LogP contribution in [0.15, 0.2) is 12.8 Å². The van der Waals surface area contributed by atoms with Crippen molar-refractivity contribution in [2.45, 2.75) is 0 Å². The quantitative estimate of drug-likeness (QED) is 0.455. The third-order valence-electron chi connectivity index (χ3n) is 0.166. The molecule has 0 aromatic heterocycles. The Morgan fingerprint density at radius 2 is 2.00 bits per heavy atom. The molecule has 0 aliphatic rings. The molecule has 3 heteroatoms. The van der Waals surface area contributed by atoms with E-state index in [0.717, 1.165) is 0 Å². The van der Waals surface area contributed by atoms with E-state index in [0.29, 0.717) is 6.41 Å². The Bertz CT molecular complexity index is 41.0. The van der Waals surface area contributed by atoms with Crippen molar-refractivity contribution in [3.8, 4) is 0 Å². The average molecular weight is 174 g/mol. The molecule has 0 bridgehead atoms. The third-order valence-corrected chi connectivity index (χ3v) is 0.166. The van der Waals surface area contributed by atoms with Gasteiger partial charge in [-0.2, -0.15) is 6.20 Å². The molecule has 0 aromatic carbocycles. The summed E-state index contributed by atoms with van der Waals surface area (Å²) in [5, 5.41) is 3.06. The summed E-state index contributed by atoms with van der Waals surface area (Å²) in [6.07, 6.45) is 1.62. The summed E-state index contributed by atoms with van der Waals surface area (Å²) in [7, 11) is 0. The molecule has 0 atom stereocenters. The van der Waals surface area contributed by atoms with Gasteiger partial charge in [-0.05, 0) is 0 Å². The standard InChI is InChI=1S/C3H5NO.CH3.Y/c1-2-4-3-5;;/h2-3H,1H2,(H,4,5);1H3;/q;-1;/p-1. The Balaban J connectivity index is -0.0000000800. The molecule has 39 valence electrons. The van der Waals surface area contributed by atoms with E-state index in [1.165, 1.54) is 6.20 Å². The van der Waals surface area contributed by atoms with Crippen molar-refractivity contribution in [1.29, 1.82) is 0 Å². The van der Waals surface area contributed by atoms with Crippen LogP contribution in [0, 0.1) is 7.43 Å². The van der Waals surface area contributed by atoms with Crippen LogP contribution in [0.5, 0.6) is 0 Å². The Kier molecular flexibility index (Phi) is 36.3. The molecular weight excluding hydrogens is 167 g/mol. The second-order valence-electron chi connectivity index (χ2n) is 0.437. The van der Waals surface area contributed by atoms with Crippen LogP contribution in [0.2, 0.25) is 0 Å². The summed E-state index contributed by atoms with van der Waals surface area (Å²) in [6.45, 7) is 3.15. The minimum Gasteiger partial charge on any atom is -0.637 e. The number of carbonyl (C=O) groups is 1. The van der Waals surface area contributed by atoms with Crippen molar-refractivity contribution in [1.82, 2.24) is 0 Å². The van der Waals surface area contributed by atoms with E-state index in [2.05, 4.69) is 11.9 Å². The van der Waals surface area contributed by atoms with Crippen molar-refractivity contribution in [2.75, 3.05) is 0 Å². The SMILES string of the molecule is C=C[N-]C=O.[CH3-].[Y]. The number of rotatable bonds is 2. The smallest absolute Gasteiger partial charge is 0.0397 e. The van der Waals surface area contributed by atoms with Crippen molar-refractivity contribution in [2.24, 2.45) is 0 Å². The fourth-order valence-corrected chi connectivity index (χ4v) is 0.0430. The van der Waals surface area contributed by atoms with Gasteiger partial charge in [-0.1, -0.05) is 0 Å². The van der Waals surface area contributed by atoms with E-state index in [9.17, 15) is 0 Å². The van der Waals surface area contributed by atoms with Crippen LogP contribution >= 0.6 is 0 Å². The van der Waals surface area contributed by atoms with Crippen LogP contribution in [0.1, 0.15) is 0 Å². The summed E-state index contributed by atoms with van der Waals surface area (Å²) in [5.41, 5.74) is 0. The predicted octanol–water partition coefficient (Wildman–Crippen LogP) is 1.11. The molecule has 0 N–H and O–H groups in total. The zero-order valence-electron chi connectivity index (χ0n) is 4.29. The first-order valence-electron chi connectivity index (χ1n) is 1.16. The summed E-state index contributed by atoms with van der Waals surface area (Å²) in [6, 6.07) is 0. The third kappa shape index (κ3) is 21.9. The van der Waals surface area contributed by atoms with Gasteiger partial charge in [0.15, 0.2) is 0 Å². The molecule has 7 heavy (non-hydrogen) atoms. The van der Waals surface area contributed by atoms with Crippen molar-refractivity contribution < 1.29 is 37.5 Å². The van der Waals surface area contributed by atoms with Gasteiger partial charge in [0.2, 0.25) is 0 Å². The predicted molar refractivity (Wildman–Crippen MR) is 26.0 cm³/mol. The molecule has 0 aliphatic carbocycles. The second-order valence-corrected chi connectivity index (χ2v) is 0.437. The molecule has 2 nitrogen and oxygen atoms in total. The number of amides is 1. The van der Waals surface area contributed by atoms with Crippen LogP contribution in [0.4, 0.5) is 0 Å². The molecule has 0 unspecified atom stereocenters. The Morgan fingerprint density at radius 1 is 1.57 bits per heavy atom. The maximum absolute atomic E-state index is 9.17. The van der Waals surface area contributed by atoms with E-state index in [1.54, 1.807) is 0 Å². The Labute approximate surface area is 69.2 Å². The number of hydrogen-bond acceptors (Lipinski definition) is 1. The average Bonchev–Trinajstić information content (AvgIpc) is 1.41. The fourth-order valence-electron chi connectivity index (χ4n) is 0.0430. The van der Waals surface area contributed by atoms with Crippen LogP contribution < -0.4 is 0 Å². The van der Waals surface area contributed by atoms with E-state index >= 15 is 0 Å². The molecule has 0 heterocycles. The first kappa shape index (κ1) is 15.7. The molecule has 0 aromatic rings.